The number of imidazole rings is 1. The van der Waals surface area contributed by atoms with Gasteiger partial charge in [-0.05, 0) is 49.1 Å². The number of rotatable bonds is 6. The first kappa shape index (κ1) is 19.5. The van der Waals surface area contributed by atoms with Crippen LogP contribution in [0.1, 0.15) is 39.9 Å². The summed E-state index contributed by atoms with van der Waals surface area (Å²) in [7, 11) is 1.68. The Hall–Kier alpha value is -2.30. The molecule has 0 bridgehead atoms. The third-order valence-electron chi connectivity index (χ3n) is 5.85. The van der Waals surface area contributed by atoms with Crippen molar-refractivity contribution < 1.29 is 9.53 Å². The quantitative estimate of drug-likeness (QED) is 0.753. The number of methoxy groups -OCH3 is 1. The van der Waals surface area contributed by atoms with Gasteiger partial charge in [-0.15, -0.1) is 0 Å². The number of aromatic amines is 1. The lowest BCUT2D eigenvalue weighted by atomic mass is 9.70. The lowest BCUT2D eigenvalue weighted by Crippen LogP contribution is -2.36. The summed E-state index contributed by atoms with van der Waals surface area (Å²) in [4.78, 5) is 19.6. The number of nitrogens with one attached hydrogen (secondary N) is 2. The van der Waals surface area contributed by atoms with E-state index in [9.17, 15) is 4.79 Å². The smallest absolute Gasteiger partial charge is 0.216 e. The first-order valence-electron chi connectivity index (χ1n) is 9.82. The highest BCUT2D eigenvalue weighted by molar-refractivity contribution is 5.76. The molecule has 0 saturated heterocycles. The Bertz CT molecular complexity index is 837. The molecule has 1 aromatic heterocycles. The summed E-state index contributed by atoms with van der Waals surface area (Å²) in [5.74, 6) is 3.94. The lowest BCUT2D eigenvalue weighted by Gasteiger charge is -2.37. The number of benzene rings is 1. The fraction of sp³-hybridized carbons (Fsp3) is 0.545. The molecule has 2 N–H and O–H groups in total. The van der Waals surface area contributed by atoms with Crippen molar-refractivity contribution in [3.63, 3.8) is 0 Å². The average Bonchev–Trinajstić information content (AvgIpc) is 3.02. The minimum Gasteiger partial charge on any atom is -0.497 e. The van der Waals surface area contributed by atoms with Crippen LogP contribution in [-0.4, -0.2) is 29.5 Å². The number of nitrogens with zero attached hydrogens (tertiary/aromatic N) is 1. The number of amides is 1. The van der Waals surface area contributed by atoms with E-state index < -0.39 is 0 Å². The molecule has 1 aliphatic rings. The Morgan fingerprint density at radius 2 is 2.19 bits per heavy atom. The molecule has 0 saturated carbocycles. The van der Waals surface area contributed by atoms with Crippen molar-refractivity contribution in [1.82, 2.24) is 15.3 Å². The van der Waals surface area contributed by atoms with Crippen LogP contribution in [0.5, 0.6) is 5.75 Å². The van der Waals surface area contributed by atoms with E-state index in [2.05, 4.69) is 37.1 Å². The fourth-order valence-corrected chi connectivity index (χ4v) is 4.27. The van der Waals surface area contributed by atoms with Gasteiger partial charge >= 0.3 is 0 Å². The van der Waals surface area contributed by atoms with Crippen LogP contribution in [0.4, 0.5) is 0 Å². The van der Waals surface area contributed by atoms with Crippen molar-refractivity contribution >= 4 is 16.9 Å². The summed E-state index contributed by atoms with van der Waals surface area (Å²) < 4.78 is 5.30. The normalized spacial score (nSPS) is 22.7. The molecule has 3 atom stereocenters. The zero-order valence-electron chi connectivity index (χ0n) is 17.0. The maximum atomic E-state index is 11.3. The van der Waals surface area contributed by atoms with Crippen molar-refractivity contribution in [2.24, 2.45) is 23.7 Å². The maximum absolute atomic E-state index is 11.3. The third kappa shape index (κ3) is 4.52. The zero-order valence-corrected chi connectivity index (χ0v) is 17.0. The largest absolute Gasteiger partial charge is 0.497 e. The van der Waals surface area contributed by atoms with E-state index in [4.69, 9.17) is 9.72 Å². The number of hydrogen-bond acceptors (Lipinski definition) is 3. The highest BCUT2D eigenvalue weighted by Gasteiger charge is 2.32. The standard InChI is InChI=1S/C22H31N3O2/c1-13(2)19-9-16(14(3)8-17(19)12-23-15(4)26)10-22-24-20-7-6-18(27-5)11-21(20)25-22/h6-8,11,13,16-17,19H,9-10,12H2,1-5H3,(H,23,26)(H,24,25)/t16-,17-,19-/m0/s1. The maximum Gasteiger partial charge on any atom is 0.216 e. The molecule has 0 unspecified atom stereocenters. The second kappa shape index (κ2) is 8.15. The predicted molar refractivity (Wildman–Crippen MR) is 109 cm³/mol. The van der Waals surface area contributed by atoms with Crippen LogP contribution in [0.3, 0.4) is 0 Å². The summed E-state index contributed by atoms with van der Waals surface area (Å²) in [6.07, 6.45) is 4.42. The first-order chi connectivity index (χ1) is 12.9. The van der Waals surface area contributed by atoms with Crippen LogP contribution in [0.15, 0.2) is 29.8 Å². The molecule has 1 aliphatic carbocycles. The van der Waals surface area contributed by atoms with E-state index in [0.717, 1.165) is 42.0 Å². The van der Waals surface area contributed by atoms with E-state index in [0.29, 0.717) is 23.7 Å². The minimum absolute atomic E-state index is 0.0448. The Kier molecular flexibility index (Phi) is 5.88. The van der Waals surface area contributed by atoms with Gasteiger partial charge in [0.05, 0.1) is 18.1 Å². The number of aromatic nitrogens is 2. The molecule has 146 valence electrons. The Morgan fingerprint density at radius 1 is 1.41 bits per heavy atom. The summed E-state index contributed by atoms with van der Waals surface area (Å²) >= 11 is 0. The van der Waals surface area contributed by atoms with Gasteiger partial charge in [-0.2, -0.15) is 0 Å². The van der Waals surface area contributed by atoms with Gasteiger partial charge in [-0.3, -0.25) is 4.79 Å². The van der Waals surface area contributed by atoms with Crippen molar-refractivity contribution in [1.29, 1.82) is 0 Å². The molecular weight excluding hydrogens is 338 g/mol. The summed E-state index contributed by atoms with van der Waals surface area (Å²) in [5, 5.41) is 3.00. The fourth-order valence-electron chi connectivity index (χ4n) is 4.27. The molecule has 2 aromatic rings. The summed E-state index contributed by atoms with van der Waals surface area (Å²) in [6, 6.07) is 5.94. The predicted octanol–water partition coefficient (Wildman–Crippen LogP) is 4.10. The molecule has 27 heavy (non-hydrogen) atoms. The molecule has 0 spiro atoms. The van der Waals surface area contributed by atoms with Crippen molar-refractivity contribution in [3.05, 3.63) is 35.7 Å². The topological polar surface area (TPSA) is 67.0 Å². The van der Waals surface area contributed by atoms with Crippen LogP contribution < -0.4 is 10.1 Å². The van der Waals surface area contributed by atoms with Crippen LogP contribution in [0.2, 0.25) is 0 Å². The molecule has 5 nitrogen and oxygen atoms in total. The molecule has 1 aromatic carbocycles. The molecule has 1 heterocycles. The summed E-state index contributed by atoms with van der Waals surface area (Å²) in [5.41, 5.74) is 3.40. The molecule has 1 amide bonds. The Balaban J connectivity index is 1.78. The van der Waals surface area contributed by atoms with Gasteiger partial charge in [0.15, 0.2) is 0 Å². The average molecular weight is 370 g/mol. The van der Waals surface area contributed by atoms with Crippen LogP contribution in [0, 0.1) is 23.7 Å². The number of carbonyl (C=O) groups excluding carboxylic acids is 1. The lowest BCUT2D eigenvalue weighted by molar-refractivity contribution is -0.119. The van der Waals surface area contributed by atoms with E-state index in [-0.39, 0.29) is 5.91 Å². The van der Waals surface area contributed by atoms with Crippen molar-refractivity contribution in [3.8, 4) is 5.75 Å². The molecule has 0 fully saturated rings. The van der Waals surface area contributed by atoms with Gasteiger partial charge in [0.25, 0.3) is 0 Å². The van der Waals surface area contributed by atoms with Crippen molar-refractivity contribution in [2.45, 2.75) is 40.5 Å². The monoisotopic (exact) mass is 369 g/mol. The molecule has 0 aliphatic heterocycles. The third-order valence-corrected chi connectivity index (χ3v) is 5.85. The summed E-state index contributed by atoms with van der Waals surface area (Å²) in [6.45, 7) is 9.10. The van der Waals surface area contributed by atoms with Gasteiger partial charge in [0.1, 0.15) is 11.6 Å². The molecular formula is C22H31N3O2. The number of H-pyrrole nitrogens is 1. The van der Waals surface area contributed by atoms with E-state index in [1.807, 2.05) is 18.2 Å². The SMILES string of the molecule is COc1ccc2nc(C[C@@H]3C[C@@H](C(C)C)[C@H](CNC(C)=O)C=C3C)[nH]c2c1. The highest BCUT2D eigenvalue weighted by Crippen LogP contribution is 2.38. The van der Waals surface area contributed by atoms with E-state index >= 15 is 0 Å². The second-order valence-electron chi connectivity index (χ2n) is 8.12. The number of allylic oxidation sites excluding steroid dienone is 1. The van der Waals surface area contributed by atoms with E-state index in [1.165, 1.54) is 5.57 Å². The Morgan fingerprint density at radius 3 is 2.85 bits per heavy atom. The number of fused-ring (bicyclic) bond motifs is 1. The van der Waals surface area contributed by atoms with Gasteiger partial charge in [0.2, 0.25) is 5.91 Å². The van der Waals surface area contributed by atoms with Crippen molar-refractivity contribution in [2.75, 3.05) is 13.7 Å². The van der Waals surface area contributed by atoms with Crippen LogP contribution >= 0.6 is 0 Å². The van der Waals surface area contributed by atoms with Gasteiger partial charge in [-0.1, -0.05) is 25.5 Å². The Labute approximate surface area is 161 Å². The van der Waals surface area contributed by atoms with Crippen LogP contribution in [-0.2, 0) is 11.2 Å². The molecule has 0 radical (unpaired) electrons. The molecule has 5 heteroatoms. The van der Waals surface area contributed by atoms with E-state index in [1.54, 1.807) is 14.0 Å². The van der Waals surface area contributed by atoms with Gasteiger partial charge < -0.3 is 15.0 Å². The van der Waals surface area contributed by atoms with Gasteiger partial charge in [-0.25, -0.2) is 4.98 Å². The first-order valence-corrected chi connectivity index (χ1v) is 9.82. The highest BCUT2D eigenvalue weighted by atomic mass is 16.5. The number of ether oxygens (including phenoxy) is 1. The zero-order chi connectivity index (χ0) is 19.6. The minimum atomic E-state index is 0.0448. The number of carbonyl (C=O) groups is 1. The number of hydrogen-bond donors (Lipinski definition) is 2. The molecule has 3 rings (SSSR count). The van der Waals surface area contributed by atoms with Crippen LogP contribution in [0.25, 0.3) is 11.0 Å². The second-order valence-corrected chi connectivity index (χ2v) is 8.12. The van der Waals surface area contributed by atoms with Gasteiger partial charge in [0, 0.05) is 26.0 Å².